The zero-order valence-corrected chi connectivity index (χ0v) is 12.2. The SMILES string of the molecule is CCCNC(=O)c1cnn(CC2CCNCC2)c1.Cl. The summed E-state index contributed by atoms with van der Waals surface area (Å²) in [6.45, 7) is 5.87. The van der Waals surface area contributed by atoms with Crippen molar-refractivity contribution in [2.45, 2.75) is 32.7 Å². The van der Waals surface area contributed by atoms with Crippen LogP contribution in [-0.2, 0) is 6.54 Å². The number of nitrogens with zero attached hydrogens (tertiary/aromatic N) is 2. The molecular weight excluding hydrogens is 264 g/mol. The molecule has 0 spiro atoms. The van der Waals surface area contributed by atoms with Crippen molar-refractivity contribution in [2.24, 2.45) is 5.92 Å². The highest BCUT2D eigenvalue weighted by molar-refractivity contribution is 5.93. The van der Waals surface area contributed by atoms with Gasteiger partial charge < -0.3 is 10.6 Å². The molecule has 0 radical (unpaired) electrons. The summed E-state index contributed by atoms with van der Waals surface area (Å²) in [5.41, 5.74) is 0.664. The van der Waals surface area contributed by atoms with Gasteiger partial charge in [0.15, 0.2) is 0 Å². The van der Waals surface area contributed by atoms with E-state index in [0.717, 1.165) is 32.6 Å². The molecule has 2 N–H and O–H groups in total. The Labute approximate surface area is 120 Å². The molecule has 0 unspecified atom stereocenters. The second kappa shape index (κ2) is 8.17. The van der Waals surface area contributed by atoms with Crippen molar-refractivity contribution in [3.8, 4) is 0 Å². The zero-order valence-electron chi connectivity index (χ0n) is 11.4. The molecule has 1 saturated heterocycles. The fourth-order valence-electron chi connectivity index (χ4n) is 2.25. The summed E-state index contributed by atoms with van der Waals surface area (Å²) in [7, 11) is 0. The summed E-state index contributed by atoms with van der Waals surface area (Å²) >= 11 is 0. The molecule has 19 heavy (non-hydrogen) atoms. The summed E-state index contributed by atoms with van der Waals surface area (Å²) in [4.78, 5) is 11.7. The van der Waals surface area contributed by atoms with Crippen LogP contribution in [0.5, 0.6) is 0 Å². The van der Waals surface area contributed by atoms with E-state index in [0.29, 0.717) is 11.5 Å². The van der Waals surface area contributed by atoms with Crippen LogP contribution in [0, 0.1) is 5.92 Å². The number of nitrogens with one attached hydrogen (secondary N) is 2. The molecular formula is C13H23ClN4O. The van der Waals surface area contributed by atoms with Crippen molar-refractivity contribution in [2.75, 3.05) is 19.6 Å². The van der Waals surface area contributed by atoms with Crippen LogP contribution in [0.25, 0.3) is 0 Å². The van der Waals surface area contributed by atoms with Gasteiger partial charge >= 0.3 is 0 Å². The monoisotopic (exact) mass is 286 g/mol. The quantitative estimate of drug-likeness (QED) is 0.861. The van der Waals surface area contributed by atoms with Gasteiger partial charge in [-0.05, 0) is 38.3 Å². The van der Waals surface area contributed by atoms with E-state index < -0.39 is 0 Å². The van der Waals surface area contributed by atoms with E-state index in [1.807, 2.05) is 17.8 Å². The minimum absolute atomic E-state index is 0. The van der Waals surface area contributed by atoms with Gasteiger partial charge in [-0.25, -0.2) is 0 Å². The van der Waals surface area contributed by atoms with Crippen LogP contribution in [0.4, 0.5) is 0 Å². The summed E-state index contributed by atoms with van der Waals surface area (Å²) in [5, 5.41) is 10.5. The first-order valence-electron chi connectivity index (χ1n) is 6.81. The third kappa shape index (κ3) is 4.84. The fourth-order valence-corrected chi connectivity index (χ4v) is 2.25. The van der Waals surface area contributed by atoms with Gasteiger partial charge in [0.1, 0.15) is 0 Å². The second-order valence-corrected chi connectivity index (χ2v) is 4.90. The van der Waals surface area contributed by atoms with Crippen molar-refractivity contribution in [3.05, 3.63) is 18.0 Å². The van der Waals surface area contributed by atoms with Crippen molar-refractivity contribution in [1.82, 2.24) is 20.4 Å². The van der Waals surface area contributed by atoms with Gasteiger partial charge in [-0.1, -0.05) is 6.92 Å². The summed E-state index contributed by atoms with van der Waals surface area (Å²) < 4.78 is 1.90. The number of rotatable bonds is 5. The number of amides is 1. The van der Waals surface area contributed by atoms with Crippen LogP contribution in [0.3, 0.4) is 0 Å². The fraction of sp³-hybridized carbons (Fsp3) is 0.692. The lowest BCUT2D eigenvalue weighted by atomic mass is 9.98. The smallest absolute Gasteiger partial charge is 0.254 e. The van der Waals surface area contributed by atoms with E-state index in [-0.39, 0.29) is 18.3 Å². The lowest BCUT2D eigenvalue weighted by Crippen LogP contribution is -2.30. The van der Waals surface area contributed by atoms with Crippen LogP contribution < -0.4 is 10.6 Å². The van der Waals surface area contributed by atoms with E-state index in [1.165, 1.54) is 12.8 Å². The van der Waals surface area contributed by atoms with Gasteiger partial charge in [-0.3, -0.25) is 9.48 Å². The number of carbonyl (C=O) groups is 1. The number of carbonyl (C=O) groups excluding carboxylic acids is 1. The number of piperidine rings is 1. The predicted octanol–water partition coefficient (Wildman–Crippen LogP) is 1.44. The largest absolute Gasteiger partial charge is 0.352 e. The molecule has 1 fully saturated rings. The number of hydrogen-bond acceptors (Lipinski definition) is 3. The summed E-state index contributed by atoms with van der Waals surface area (Å²) in [6, 6.07) is 0. The molecule has 1 aromatic heterocycles. The van der Waals surface area contributed by atoms with Crippen molar-refractivity contribution in [1.29, 1.82) is 0 Å². The van der Waals surface area contributed by atoms with E-state index >= 15 is 0 Å². The molecule has 2 rings (SSSR count). The van der Waals surface area contributed by atoms with Gasteiger partial charge in [0.2, 0.25) is 0 Å². The molecule has 0 atom stereocenters. The lowest BCUT2D eigenvalue weighted by molar-refractivity contribution is 0.0953. The molecule has 1 aliphatic heterocycles. The van der Waals surface area contributed by atoms with E-state index in [4.69, 9.17) is 0 Å². The average Bonchev–Trinajstić information content (AvgIpc) is 2.86. The number of hydrogen-bond donors (Lipinski definition) is 2. The van der Waals surface area contributed by atoms with Crippen LogP contribution in [-0.4, -0.2) is 35.3 Å². The third-order valence-corrected chi connectivity index (χ3v) is 3.33. The Hall–Kier alpha value is -1.07. The van der Waals surface area contributed by atoms with Gasteiger partial charge in [0, 0.05) is 19.3 Å². The van der Waals surface area contributed by atoms with E-state index in [1.54, 1.807) is 6.20 Å². The van der Waals surface area contributed by atoms with E-state index in [2.05, 4.69) is 15.7 Å². The first-order chi connectivity index (χ1) is 8.79. The molecule has 1 aromatic rings. The number of halogens is 1. The first kappa shape index (κ1) is 16.0. The molecule has 5 nitrogen and oxygen atoms in total. The molecule has 0 bridgehead atoms. The molecule has 0 aliphatic carbocycles. The van der Waals surface area contributed by atoms with Crippen LogP contribution in [0.1, 0.15) is 36.5 Å². The van der Waals surface area contributed by atoms with Crippen LogP contribution in [0.2, 0.25) is 0 Å². The maximum Gasteiger partial charge on any atom is 0.254 e. The Bertz CT molecular complexity index is 388. The van der Waals surface area contributed by atoms with Crippen LogP contribution >= 0.6 is 12.4 Å². The van der Waals surface area contributed by atoms with Crippen molar-refractivity contribution < 1.29 is 4.79 Å². The Kier molecular flexibility index (Phi) is 6.87. The molecule has 0 aromatic carbocycles. The Morgan fingerprint density at radius 3 is 2.95 bits per heavy atom. The summed E-state index contributed by atoms with van der Waals surface area (Å²) in [6.07, 6.45) is 6.85. The predicted molar refractivity (Wildman–Crippen MR) is 77.7 cm³/mol. The van der Waals surface area contributed by atoms with Crippen molar-refractivity contribution in [3.63, 3.8) is 0 Å². The third-order valence-electron chi connectivity index (χ3n) is 3.33. The minimum atomic E-state index is -0.0200. The molecule has 1 amide bonds. The van der Waals surface area contributed by atoms with Crippen molar-refractivity contribution >= 4 is 18.3 Å². The Balaban J connectivity index is 0.00000180. The second-order valence-electron chi connectivity index (χ2n) is 4.90. The molecule has 0 saturated carbocycles. The van der Waals surface area contributed by atoms with Gasteiger partial charge in [0.25, 0.3) is 5.91 Å². The highest BCUT2D eigenvalue weighted by Gasteiger charge is 2.15. The van der Waals surface area contributed by atoms with Crippen LogP contribution in [0.15, 0.2) is 12.4 Å². The molecule has 2 heterocycles. The standard InChI is InChI=1S/C13H22N4O.ClH/c1-2-5-15-13(18)12-8-16-17(10-12)9-11-3-6-14-7-4-11;/h8,10-11,14H,2-7,9H2,1H3,(H,15,18);1H. The van der Waals surface area contributed by atoms with Gasteiger partial charge in [-0.15, -0.1) is 12.4 Å². The lowest BCUT2D eigenvalue weighted by Gasteiger charge is -2.22. The zero-order chi connectivity index (χ0) is 12.8. The highest BCUT2D eigenvalue weighted by Crippen LogP contribution is 2.14. The maximum absolute atomic E-state index is 11.7. The molecule has 6 heteroatoms. The van der Waals surface area contributed by atoms with E-state index in [9.17, 15) is 4.79 Å². The van der Waals surface area contributed by atoms with Gasteiger partial charge in [-0.2, -0.15) is 5.10 Å². The average molecular weight is 287 g/mol. The Morgan fingerprint density at radius 2 is 2.26 bits per heavy atom. The topological polar surface area (TPSA) is 59.0 Å². The Morgan fingerprint density at radius 1 is 1.53 bits per heavy atom. The van der Waals surface area contributed by atoms with Gasteiger partial charge in [0.05, 0.1) is 11.8 Å². The highest BCUT2D eigenvalue weighted by atomic mass is 35.5. The minimum Gasteiger partial charge on any atom is -0.352 e. The molecule has 108 valence electrons. The summed E-state index contributed by atoms with van der Waals surface area (Å²) in [5.74, 6) is 0.658. The first-order valence-corrected chi connectivity index (χ1v) is 6.81. The number of aromatic nitrogens is 2. The normalized spacial score (nSPS) is 15.8. The molecule has 1 aliphatic rings. The maximum atomic E-state index is 11.7.